The Morgan fingerprint density at radius 3 is 2.64 bits per heavy atom. The number of anilines is 1. The van der Waals surface area contributed by atoms with Crippen molar-refractivity contribution in [2.45, 2.75) is 18.4 Å². The van der Waals surface area contributed by atoms with Gasteiger partial charge in [0, 0.05) is 30.0 Å². The van der Waals surface area contributed by atoms with E-state index in [0.717, 1.165) is 16.9 Å². The topological polar surface area (TPSA) is 79.0 Å². The Labute approximate surface area is 148 Å². The number of carbonyl (C=O) groups is 1. The summed E-state index contributed by atoms with van der Waals surface area (Å²) in [6, 6.07) is 17.0. The summed E-state index contributed by atoms with van der Waals surface area (Å²) in [5.74, 6) is 0.376. The number of aromatic nitrogens is 2. The van der Waals surface area contributed by atoms with Gasteiger partial charge in [-0.05, 0) is 40.3 Å². The second-order valence-electron chi connectivity index (χ2n) is 5.42. The highest BCUT2D eigenvalue weighted by atomic mass is 32.2. The first-order chi connectivity index (χ1) is 12.1. The van der Waals surface area contributed by atoms with Crippen molar-refractivity contribution in [2.75, 3.05) is 11.1 Å². The van der Waals surface area contributed by atoms with E-state index in [2.05, 4.69) is 10.6 Å². The van der Waals surface area contributed by atoms with E-state index in [0.29, 0.717) is 17.2 Å². The molecule has 1 amide bonds. The molecule has 0 aliphatic carbocycles. The van der Waals surface area contributed by atoms with Gasteiger partial charge in [0.15, 0.2) is 0 Å². The molecule has 0 aliphatic rings. The molecule has 0 saturated carbocycles. The maximum absolute atomic E-state index is 12.1. The number of benzene rings is 2. The van der Waals surface area contributed by atoms with Crippen LogP contribution in [0.2, 0.25) is 0 Å². The number of hydrogen-bond acceptors (Lipinski definition) is 4. The molecule has 0 saturated heterocycles. The van der Waals surface area contributed by atoms with Gasteiger partial charge in [-0.2, -0.15) is 0 Å². The Morgan fingerprint density at radius 2 is 1.88 bits per heavy atom. The summed E-state index contributed by atoms with van der Waals surface area (Å²) in [4.78, 5) is 24.0. The number of carbonyl (C=O) groups excluding carboxylic acids is 1. The Bertz CT molecular complexity index is 919. The second-order valence-corrected chi connectivity index (χ2v) is 6.50. The molecule has 0 bridgehead atoms. The van der Waals surface area contributed by atoms with E-state index in [1.165, 1.54) is 11.8 Å². The average Bonchev–Trinajstić information content (AvgIpc) is 2.99. The molecule has 0 unspecified atom stereocenters. The molecule has 0 aliphatic heterocycles. The molecular weight excluding hydrogens is 338 g/mol. The molecule has 0 atom stereocenters. The molecule has 6 nitrogen and oxygen atoms in total. The monoisotopic (exact) mass is 356 g/mol. The fraction of sp³-hybridized carbons (Fsp3) is 0.167. The number of nitrogens with one attached hydrogen (secondary N) is 2. The van der Waals surface area contributed by atoms with E-state index >= 15 is 0 Å². The predicted molar refractivity (Wildman–Crippen MR) is 96.0 cm³/mol. The second kappa shape index (κ2) is 7.85. The smallest absolute Gasteiger partial charge is 0.326 e. The molecule has 0 radical (unpaired) electrons. The number of aromatic amines is 1. The number of hydrogen-bond donors (Lipinski definition) is 2. The lowest BCUT2D eigenvalue weighted by Gasteiger charge is -2.07. The molecule has 3 aromatic rings. The van der Waals surface area contributed by atoms with E-state index in [1.807, 2.05) is 61.5 Å². The summed E-state index contributed by atoms with van der Waals surface area (Å²) in [5, 5.41) is 5.88. The number of para-hydroxylation sites is 2. The van der Waals surface area contributed by atoms with Crippen molar-refractivity contribution >= 4 is 23.4 Å². The van der Waals surface area contributed by atoms with Gasteiger partial charge in [0.05, 0.1) is 0 Å². The Morgan fingerprint density at radius 1 is 1.16 bits per heavy atom. The molecule has 0 fully saturated rings. The van der Waals surface area contributed by atoms with Gasteiger partial charge in [-0.1, -0.05) is 36.4 Å². The first-order valence-electron chi connectivity index (χ1n) is 7.82. The van der Waals surface area contributed by atoms with E-state index in [9.17, 15) is 9.59 Å². The minimum atomic E-state index is -0.451. The van der Waals surface area contributed by atoms with Crippen LogP contribution in [0, 0.1) is 6.92 Å². The third-order valence-corrected chi connectivity index (χ3v) is 4.64. The zero-order valence-electron chi connectivity index (χ0n) is 13.7. The summed E-state index contributed by atoms with van der Waals surface area (Å²) >= 11 is 1.28. The van der Waals surface area contributed by atoms with Gasteiger partial charge in [-0.25, -0.2) is 4.79 Å². The van der Waals surface area contributed by atoms with Gasteiger partial charge >= 0.3 is 10.7 Å². The summed E-state index contributed by atoms with van der Waals surface area (Å²) in [6.45, 7) is 1.94. The highest BCUT2D eigenvalue weighted by Crippen LogP contribution is 2.15. The molecule has 2 aromatic carbocycles. The van der Waals surface area contributed by atoms with Crippen LogP contribution in [0.3, 0.4) is 0 Å². The van der Waals surface area contributed by atoms with Gasteiger partial charge in [-0.15, -0.1) is 0 Å². The van der Waals surface area contributed by atoms with Gasteiger partial charge in [-0.3, -0.25) is 9.32 Å². The first-order valence-corrected chi connectivity index (χ1v) is 8.81. The zero-order valence-corrected chi connectivity index (χ0v) is 14.5. The predicted octanol–water partition coefficient (Wildman–Crippen LogP) is 2.67. The molecule has 0 spiro atoms. The van der Waals surface area contributed by atoms with Gasteiger partial charge < -0.3 is 5.32 Å². The van der Waals surface area contributed by atoms with E-state index in [4.69, 9.17) is 4.52 Å². The van der Waals surface area contributed by atoms with Crippen LogP contribution in [-0.4, -0.2) is 16.9 Å². The highest BCUT2D eigenvalue weighted by molar-refractivity contribution is 7.99. The van der Waals surface area contributed by atoms with Crippen LogP contribution in [0.25, 0.3) is 5.69 Å². The molecule has 1 aromatic heterocycles. The van der Waals surface area contributed by atoms with E-state index in [-0.39, 0.29) is 5.91 Å². The van der Waals surface area contributed by atoms with E-state index in [1.54, 1.807) is 4.68 Å². The largest absolute Gasteiger partial charge is 0.442 e. The summed E-state index contributed by atoms with van der Waals surface area (Å²) in [7, 11) is 0. The van der Waals surface area contributed by atoms with Crippen LogP contribution < -0.4 is 15.6 Å². The number of nitrogens with zero attached hydrogens (tertiary/aromatic N) is 1. The molecule has 128 valence electrons. The third kappa shape index (κ3) is 4.19. The van der Waals surface area contributed by atoms with Crippen molar-refractivity contribution in [1.29, 1.82) is 0 Å². The lowest BCUT2D eigenvalue weighted by atomic mass is 10.2. The molecule has 2 N–H and O–H groups in total. The van der Waals surface area contributed by atoms with Crippen molar-refractivity contribution < 1.29 is 14.0 Å². The van der Waals surface area contributed by atoms with Gasteiger partial charge in [0.2, 0.25) is 11.6 Å². The molecule has 3 rings (SSSR count). The van der Waals surface area contributed by atoms with Crippen molar-refractivity contribution in [3.05, 3.63) is 70.6 Å². The maximum atomic E-state index is 12.1. The van der Waals surface area contributed by atoms with E-state index < -0.39 is 5.63 Å². The SMILES string of the molecule is Cc1ccccc1NC(=O)CCSc1c(=O)o[nH][n+]1-c1ccccc1. The standard InChI is InChI=1S/C18H17N3O3S/c1-13-7-5-6-10-15(13)19-16(22)11-12-25-17-18(23)24-20-21(17)14-8-3-2-4-9-14/h2-10H,11-12H2,1H3,(H-,19,20,22,23)/p+1. The minimum Gasteiger partial charge on any atom is -0.326 e. The number of rotatable bonds is 6. The third-order valence-electron chi connectivity index (χ3n) is 3.61. The maximum Gasteiger partial charge on any atom is 0.442 e. The summed E-state index contributed by atoms with van der Waals surface area (Å²) in [5.41, 5.74) is 2.16. The first kappa shape index (κ1) is 17.0. The van der Waals surface area contributed by atoms with Crippen molar-refractivity contribution in [2.24, 2.45) is 0 Å². The van der Waals surface area contributed by atoms with Crippen LogP contribution in [-0.2, 0) is 4.79 Å². The quantitative estimate of drug-likeness (QED) is 0.526. The molecular formula is C18H18N3O3S+. The summed E-state index contributed by atoms with van der Waals surface area (Å²) < 4.78 is 6.46. The van der Waals surface area contributed by atoms with Crippen LogP contribution in [0.15, 0.2) is 68.9 Å². The lowest BCUT2D eigenvalue weighted by Crippen LogP contribution is -2.36. The Balaban J connectivity index is 1.61. The van der Waals surface area contributed by atoms with Crippen LogP contribution in [0.1, 0.15) is 12.0 Å². The number of aryl methyl sites for hydroxylation is 1. The Hall–Kier alpha value is -2.80. The molecule has 1 heterocycles. The fourth-order valence-electron chi connectivity index (χ4n) is 2.30. The van der Waals surface area contributed by atoms with Crippen LogP contribution >= 0.6 is 11.8 Å². The van der Waals surface area contributed by atoms with Crippen molar-refractivity contribution in [3.63, 3.8) is 0 Å². The zero-order chi connectivity index (χ0) is 17.6. The number of thioether (sulfide) groups is 1. The lowest BCUT2D eigenvalue weighted by molar-refractivity contribution is -0.704. The normalized spacial score (nSPS) is 10.6. The molecule has 7 heteroatoms. The van der Waals surface area contributed by atoms with Crippen molar-refractivity contribution in [3.8, 4) is 5.69 Å². The molecule has 25 heavy (non-hydrogen) atoms. The van der Waals surface area contributed by atoms with Gasteiger partial charge in [0.1, 0.15) is 0 Å². The van der Waals surface area contributed by atoms with Crippen molar-refractivity contribution in [1.82, 2.24) is 5.27 Å². The van der Waals surface area contributed by atoms with Crippen LogP contribution in [0.5, 0.6) is 0 Å². The average molecular weight is 356 g/mol. The summed E-state index contributed by atoms with van der Waals surface area (Å²) in [6.07, 6.45) is 0.290. The number of amides is 1. The van der Waals surface area contributed by atoms with Gasteiger partial charge in [0.25, 0.3) is 0 Å². The van der Waals surface area contributed by atoms with Crippen LogP contribution in [0.4, 0.5) is 5.69 Å². The minimum absolute atomic E-state index is 0.0898. The fourth-order valence-corrected chi connectivity index (χ4v) is 3.21. The Kier molecular flexibility index (Phi) is 5.35. The number of H-pyrrole nitrogens is 1. The highest BCUT2D eigenvalue weighted by Gasteiger charge is 2.23.